The molecule has 0 radical (unpaired) electrons. The number of ether oxygens (including phenoxy) is 1. The molecule has 0 fully saturated rings. The van der Waals surface area contributed by atoms with E-state index in [-0.39, 0.29) is 11.8 Å². The SMILES string of the molecule is COc1cc(CCC(C)N)cc(Cl)c1O. The Balaban J connectivity index is 2.86. The highest BCUT2D eigenvalue weighted by Gasteiger charge is 2.09. The van der Waals surface area contributed by atoms with Gasteiger partial charge in [0.2, 0.25) is 0 Å². The summed E-state index contributed by atoms with van der Waals surface area (Å²) in [5, 5.41) is 9.83. The number of halogens is 1. The largest absolute Gasteiger partial charge is 0.503 e. The maximum absolute atomic E-state index is 9.52. The van der Waals surface area contributed by atoms with E-state index in [2.05, 4.69) is 0 Å². The smallest absolute Gasteiger partial charge is 0.176 e. The molecule has 1 atom stereocenters. The van der Waals surface area contributed by atoms with Gasteiger partial charge in [0.05, 0.1) is 12.1 Å². The van der Waals surface area contributed by atoms with Crippen molar-refractivity contribution in [1.82, 2.24) is 0 Å². The summed E-state index contributed by atoms with van der Waals surface area (Å²) in [6.45, 7) is 1.96. The number of phenolic OH excluding ortho intramolecular Hbond substituents is 1. The topological polar surface area (TPSA) is 55.5 Å². The lowest BCUT2D eigenvalue weighted by Gasteiger charge is -2.09. The number of methoxy groups -OCH3 is 1. The van der Waals surface area contributed by atoms with Crippen LogP contribution in [0.25, 0.3) is 0 Å². The van der Waals surface area contributed by atoms with Gasteiger partial charge in [0, 0.05) is 6.04 Å². The van der Waals surface area contributed by atoms with E-state index in [9.17, 15) is 5.11 Å². The van der Waals surface area contributed by atoms with Gasteiger partial charge in [0.15, 0.2) is 11.5 Å². The third-order valence-corrected chi connectivity index (χ3v) is 2.48. The Morgan fingerprint density at radius 2 is 2.20 bits per heavy atom. The minimum absolute atomic E-state index is 0.0105. The van der Waals surface area contributed by atoms with E-state index in [4.69, 9.17) is 22.1 Å². The first-order valence-corrected chi connectivity index (χ1v) is 5.23. The molecule has 0 amide bonds. The molecule has 1 rings (SSSR count). The van der Waals surface area contributed by atoms with Crippen LogP contribution >= 0.6 is 11.6 Å². The highest BCUT2D eigenvalue weighted by atomic mass is 35.5. The van der Waals surface area contributed by atoms with Crippen molar-refractivity contribution >= 4 is 11.6 Å². The molecule has 4 heteroatoms. The monoisotopic (exact) mass is 229 g/mol. The van der Waals surface area contributed by atoms with Crippen molar-refractivity contribution in [3.8, 4) is 11.5 Å². The Bertz CT molecular complexity index is 340. The van der Waals surface area contributed by atoms with Gasteiger partial charge in [-0.25, -0.2) is 0 Å². The molecule has 0 aliphatic carbocycles. The van der Waals surface area contributed by atoms with Crippen LogP contribution in [0.3, 0.4) is 0 Å². The average Bonchev–Trinajstić information content (AvgIpc) is 2.19. The maximum atomic E-state index is 9.52. The van der Waals surface area contributed by atoms with Crippen molar-refractivity contribution in [2.45, 2.75) is 25.8 Å². The number of phenols is 1. The van der Waals surface area contributed by atoms with Crippen LogP contribution in [-0.4, -0.2) is 18.3 Å². The predicted octanol–water partition coefficient (Wildman–Crippen LogP) is 2.33. The first kappa shape index (κ1) is 12.1. The molecule has 0 heterocycles. The van der Waals surface area contributed by atoms with Gasteiger partial charge in [-0.15, -0.1) is 0 Å². The Hall–Kier alpha value is -0.930. The van der Waals surface area contributed by atoms with E-state index in [1.54, 1.807) is 12.1 Å². The molecule has 3 nitrogen and oxygen atoms in total. The highest BCUT2D eigenvalue weighted by molar-refractivity contribution is 6.32. The zero-order valence-electron chi connectivity index (χ0n) is 8.96. The molecular formula is C11H16ClNO2. The van der Waals surface area contributed by atoms with Crippen molar-refractivity contribution < 1.29 is 9.84 Å². The maximum Gasteiger partial charge on any atom is 0.176 e. The molecule has 1 aromatic rings. The van der Waals surface area contributed by atoms with Gasteiger partial charge in [0.1, 0.15) is 0 Å². The van der Waals surface area contributed by atoms with E-state index < -0.39 is 0 Å². The van der Waals surface area contributed by atoms with E-state index in [0.29, 0.717) is 10.8 Å². The quantitative estimate of drug-likeness (QED) is 0.833. The number of hydrogen-bond donors (Lipinski definition) is 2. The van der Waals surface area contributed by atoms with E-state index in [1.165, 1.54) is 7.11 Å². The molecule has 0 aliphatic rings. The molecular weight excluding hydrogens is 214 g/mol. The van der Waals surface area contributed by atoms with Crippen molar-refractivity contribution in [3.63, 3.8) is 0 Å². The summed E-state index contributed by atoms with van der Waals surface area (Å²) in [4.78, 5) is 0. The fourth-order valence-corrected chi connectivity index (χ4v) is 1.55. The second-order valence-electron chi connectivity index (χ2n) is 3.64. The summed E-state index contributed by atoms with van der Waals surface area (Å²) in [5.74, 6) is 0.394. The summed E-state index contributed by atoms with van der Waals surface area (Å²) in [5.41, 5.74) is 6.69. The molecule has 1 unspecified atom stereocenters. The van der Waals surface area contributed by atoms with Crippen molar-refractivity contribution in [1.29, 1.82) is 0 Å². The van der Waals surface area contributed by atoms with Crippen LogP contribution in [0.5, 0.6) is 11.5 Å². The predicted molar refractivity (Wildman–Crippen MR) is 61.6 cm³/mol. The van der Waals surface area contributed by atoms with Crippen LogP contribution in [0, 0.1) is 0 Å². The summed E-state index contributed by atoms with van der Waals surface area (Å²) in [7, 11) is 1.50. The molecule has 1 aromatic carbocycles. The van der Waals surface area contributed by atoms with Crippen molar-refractivity contribution in [2.24, 2.45) is 5.73 Å². The Kier molecular flexibility index (Phi) is 4.24. The summed E-state index contributed by atoms with van der Waals surface area (Å²) < 4.78 is 5.01. The van der Waals surface area contributed by atoms with Gasteiger partial charge < -0.3 is 15.6 Å². The molecule has 15 heavy (non-hydrogen) atoms. The van der Waals surface area contributed by atoms with Gasteiger partial charge in [0.25, 0.3) is 0 Å². The summed E-state index contributed by atoms with van der Waals surface area (Å²) in [6, 6.07) is 3.68. The third kappa shape index (κ3) is 3.29. The van der Waals surface area contributed by atoms with E-state index in [0.717, 1.165) is 18.4 Å². The van der Waals surface area contributed by atoms with Crippen LogP contribution in [-0.2, 0) is 6.42 Å². The molecule has 84 valence electrons. The molecule has 0 bridgehead atoms. The highest BCUT2D eigenvalue weighted by Crippen LogP contribution is 2.35. The molecule has 3 N–H and O–H groups in total. The average molecular weight is 230 g/mol. The van der Waals surface area contributed by atoms with Crippen molar-refractivity contribution in [3.05, 3.63) is 22.7 Å². The molecule has 0 saturated heterocycles. The standard InChI is InChI=1S/C11H16ClNO2/c1-7(13)3-4-8-5-9(12)11(14)10(6-8)15-2/h5-7,14H,3-4,13H2,1-2H3. The Morgan fingerprint density at radius 1 is 1.53 bits per heavy atom. The van der Waals surface area contributed by atoms with E-state index in [1.807, 2.05) is 6.92 Å². The lowest BCUT2D eigenvalue weighted by molar-refractivity contribution is 0.373. The fraction of sp³-hybridized carbons (Fsp3) is 0.455. The molecule has 0 aromatic heterocycles. The minimum atomic E-state index is -0.0105. The second-order valence-corrected chi connectivity index (χ2v) is 4.05. The van der Waals surface area contributed by atoms with Gasteiger partial charge in [-0.2, -0.15) is 0 Å². The Labute approximate surface area is 94.8 Å². The number of nitrogens with two attached hydrogens (primary N) is 1. The van der Waals surface area contributed by atoms with Crippen LogP contribution in [0.1, 0.15) is 18.9 Å². The van der Waals surface area contributed by atoms with Crippen LogP contribution < -0.4 is 10.5 Å². The van der Waals surface area contributed by atoms with Gasteiger partial charge in [-0.3, -0.25) is 0 Å². The zero-order chi connectivity index (χ0) is 11.4. The first-order valence-electron chi connectivity index (χ1n) is 4.85. The van der Waals surface area contributed by atoms with Crippen LogP contribution in [0.4, 0.5) is 0 Å². The van der Waals surface area contributed by atoms with Gasteiger partial charge in [-0.05, 0) is 37.5 Å². The normalized spacial score (nSPS) is 12.5. The van der Waals surface area contributed by atoms with Crippen LogP contribution in [0.2, 0.25) is 5.02 Å². The van der Waals surface area contributed by atoms with E-state index >= 15 is 0 Å². The summed E-state index contributed by atoms with van der Waals surface area (Å²) >= 11 is 5.85. The van der Waals surface area contributed by atoms with Crippen molar-refractivity contribution in [2.75, 3.05) is 7.11 Å². The lowest BCUT2D eigenvalue weighted by atomic mass is 10.1. The number of hydrogen-bond acceptors (Lipinski definition) is 3. The fourth-order valence-electron chi connectivity index (χ4n) is 1.32. The minimum Gasteiger partial charge on any atom is -0.503 e. The number of rotatable bonds is 4. The number of aryl methyl sites for hydroxylation is 1. The molecule has 0 aliphatic heterocycles. The summed E-state index contributed by atoms with van der Waals surface area (Å²) in [6.07, 6.45) is 1.71. The number of benzene rings is 1. The van der Waals surface area contributed by atoms with Gasteiger partial charge in [-0.1, -0.05) is 11.6 Å². The Morgan fingerprint density at radius 3 is 2.73 bits per heavy atom. The van der Waals surface area contributed by atoms with Crippen LogP contribution in [0.15, 0.2) is 12.1 Å². The lowest BCUT2D eigenvalue weighted by Crippen LogP contribution is -2.15. The third-order valence-electron chi connectivity index (χ3n) is 2.20. The second kappa shape index (κ2) is 5.24. The first-order chi connectivity index (χ1) is 7.04. The molecule has 0 spiro atoms. The zero-order valence-corrected chi connectivity index (χ0v) is 9.71. The molecule has 0 saturated carbocycles. The number of aromatic hydroxyl groups is 1. The van der Waals surface area contributed by atoms with Gasteiger partial charge >= 0.3 is 0 Å².